The molecule has 8 heteroatoms. The number of amides is 2. The summed E-state index contributed by atoms with van der Waals surface area (Å²) in [5.41, 5.74) is 3.22. The average molecular weight is 418 g/mol. The highest BCUT2D eigenvalue weighted by Crippen LogP contribution is 2.42. The molecule has 1 fully saturated rings. The number of carbonyl (C=O) groups excluding carboxylic acids is 2. The molecule has 2 aliphatic rings. The predicted molar refractivity (Wildman–Crippen MR) is 111 cm³/mol. The van der Waals surface area contributed by atoms with Crippen molar-refractivity contribution in [1.82, 2.24) is 9.88 Å². The van der Waals surface area contributed by atoms with Crippen LogP contribution < -0.4 is 5.32 Å². The zero-order chi connectivity index (χ0) is 20.2. The normalized spacial score (nSPS) is 18.2. The van der Waals surface area contributed by atoms with Gasteiger partial charge in [0, 0.05) is 25.6 Å². The van der Waals surface area contributed by atoms with Gasteiger partial charge in [-0.25, -0.2) is 4.98 Å². The number of nitrogens with one attached hydrogen (secondary N) is 1. The second-order valence-electron chi connectivity index (χ2n) is 7.59. The molecule has 2 aromatic rings. The smallest absolute Gasteiger partial charge is 0.259 e. The average Bonchev–Trinajstić information content (AvgIpc) is 3.33. The molecular weight excluding hydrogens is 394 g/mol. The van der Waals surface area contributed by atoms with Crippen LogP contribution in [0.2, 0.25) is 0 Å². The van der Waals surface area contributed by atoms with Crippen LogP contribution in [-0.4, -0.2) is 38.5 Å². The summed E-state index contributed by atoms with van der Waals surface area (Å²) in [6.45, 7) is 6.00. The third-order valence-corrected chi connectivity index (χ3v) is 7.51. The number of benzene rings is 1. The Morgan fingerprint density at radius 1 is 1.43 bits per heavy atom. The summed E-state index contributed by atoms with van der Waals surface area (Å²) in [6.07, 6.45) is 3.96. The fourth-order valence-electron chi connectivity index (χ4n) is 3.83. The number of thiazole rings is 1. The maximum Gasteiger partial charge on any atom is 0.259 e. The number of rotatable bonds is 5. The molecule has 2 amide bonds. The van der Waals surface area contributed by atoms with E-state index in [4.69, 9.17) is 0 Å². The van der Waals surface area contributed by atoms with Gasteiger partial charge in [0.2, 0.25) is 5.91 Å². The first-order chi connectivity index (χ1) is 13.3. The van der Waals surface area contributed by atoms with Crippen molar-refractivity contribution in [2.75, 3.05) is 11.6 Å². The van der Waals surface area contributed by atoms with Crippen molar-refractivity contribution in [3.8, 4) is 10.4 Å². The molecule has 148 valence electrons. The highest BCUT2D eigenvalue weighted by atomic mass is 32.2. The van der Waals surface area contributed by atoms with E-state index in [0.717, 1.165) is 21.7 Å². The summed E-state index contributed by atoms with van der Waals surface area (Å²) >= 11 is 0.108. The maximum atomic E-state index is 13.1. The van der Waals surface area contributed by atoms with E-state index in [1.54, 1.807) is 6.26 Å². The Balaban J connectivity index is 1.76. The molecule has 0 radical (unpaired) electrons. The van der Waals surface area contributed by atoms with Crippen LogP contribution in [0.5, 0.6) is 0 Å². The van der Waals surface area contributed by atoms with Crippen LogP contribution in [0, 0.1) is 12.8 Å². The molecule has 1 aromatic carbocycles. The Hall–Kier alpha value is -1.90. The summed E-state index contributed by atoms with van der Waals surface area (Å²) in [6, 6.07) is 4.07. The summed E-state index contributed by atoms with van der Waals surface area (Å²) in [4.78, 5) is 32.2. The van der Waals surface area contributed by atoms with Crippen LogP contribution >= 0.6 is 11.3 Å². The van der Waals surface area contributed by atoms with Crippen LogP contribution in [-0.2, 0) is 22.5 Å². The summed E-state index contributed by atoms with van der Waals surface area (Å²) in [7, 11) is 0. The van der Waals surface area contributed by atoms with Crippen molar-refractivity contribution in [2.45, 2.75) is 51.1 Å². The Morgan fingerprint density at radius 3 is 2.75 bits per heavy atom. The fraction of sp³-hybridized carbons (Fsp3) is 0.450. The van der Waals surface area contributed by atoms with Gasteiger partial charge in [-0.15, -0.1) is 0 Å². The van der Waals surface area contributed by atoms with Gasteiger partial charge in [-0.3, -0.25) is 9.59 Å². The van der Waals surface area contributed by atoms with Crippen molar-refractivity contribution in [2.24, 2.45) is 5.92 Å². The van der Waals surface area contributed by atoms with Gasteiger partial charge < -0.3 is 14.8 Å². The van der Waals surface area contributed by atoms with E-state index in [9.17, 15) is 14.1 Å². The van der Waals surface area contributed by atoms with Gasteiger partial charge in [-0.2, -0.15) is 0 Å². The molecule has 2 heterocycles. The topological polar surface area (TPSA) is 85.4 Å². The second-order valence-corrected chi connectivity index (χ2v) is 9.94. The van der Waals surface area contributed by atoms with Gasteiger partial charge in [0.15, 0.2) is 10.0 Å². The first-order valence-corrected chi connectivity index (χ1v) is 11.7. The minimum atomic E-state index is -1.28. The number of hydrogen-bond acceptors (Lipinski definition) is 5. The standard InChI is InChI=1S/C20H23N3O3S2/c1-10-18(27-20(21-10)22-12(3)24)14-7-15-9-23(11(2)13-5-6-13)19(25)17(15)16(8-14)28(4)26/h7-8,11,13H,5-6,9H2,1-4H3,(H,21,22,24)/t11-,28?/m0/s1. The van der Waals surface area contributed by atoms with E-state index in [-0.39, 0.29) is 17.9 Å². The number of aromatic nitrogens is 1. The first kappa shape index (κ1) is 19.4. The highest BCUT2D eigenvalue weighted by molar-refractivity contribution is 7.90. The molecule has 4 rings (SSSR count). The Labute approximate surface area is 171 Å². The number of anilines is 1. The molecule has 1 aromatic heterocycles. The number of nitrogens with zero attached hydrogens (tertiary/aromatic N) is 2. The van der Waals surface area contributed by atoms with Gasteiger partial charge in [-0.1, -0.05) is 11.3 Å². The third-order valence-electron chi connectivity index (χ3n) is 5.45. The van der Waals surface area contributed by atoms with Crippen LogP contribution in [0.4, 0.5) is 5.13 Å². The highest BCUT2D eigenvalue weighted by Gasteiger charge is 2.41. The van der Waals surface area contributed by atoms with Gasteiger partial charge in [0.05, 0.1) is 16.1 Å². The van der Waals surface area contributed by atoms with E-state index in [0.29, 0.717) is 28.1 Å². The molecular formula is C20H23N3O3S2. The predicted octanol–water partition coefficient (Wildman–Crippen LogP) is 3.57. The van der Waals surface area contributed by atoms with E-state index in [2.05, 4.69) is 17.2 Å². The molecule has 1 N–H and O–H groups in total. The minimum Gasteiger partial charge on any atom is -0.612 e. The van der Waals surface area contributed by atoms with E-state index >= 15 is 0 Å². The summed E-state index contributed by atoms with van der Waals surface area (Å²) < 4.78 is 12.5. The molecule has 0 saturated heterocycles. The third kappa shape index (κ3) is 3.44. The fourth-order valence-corrected chi connectivity index (χ4v) is 5.63. The molecule has 6 nitrogen and oxygen atoms in total. The quantitative estimate of drug-likeness (QED) is 0.754. The lowest BCUT2D eigenvalue weighted by atomic mass is 10.0. The second kappa shape index (κ2) is 7.17. The number of hydrogen-bond donors (Lipinski definition) is 1. The monoisotopic (exact) mass is 417 g/mol. The lowest BCUT2D eigenvalue weighted by Gasteiger charge is -2.24. The largest absolute Gasteiger partial charge is 0.612 e. The Bertz CT molecular complexity index is 966. The van der Waals surface area contributed by atoms with Gasteiger partial charge >= 0.3 is 0 Å². The number of carbonyl (C=O) groups is 2. The molecule has 1 aliphatic heterocycles. The molecule has 1 aliphatic carbocycles. The molecule has 28 heavy (non-hydrogen) atoms. The van der Waals surface area contributed by atoms with Crippen LogP contribution in [0.1, 0.15) is 48.3 Å². The van der Waals surface area contributed by atoms with E-state index in [1.165, 1.54) is 31.1 Å². The maximum absolute atomic E-state index is 13.1. The van der Waals surface area contributed by atoms with Crippen molar-refractivity contribution < 1.29 is 14.1 Å². The van der Waals surface area contributed by atoms with Gasteiger partial charge in [-0.05, 0) is 61.0 Å². The van der Waals surface area contributed by atoms with E-state index in [1.807, 2.05) is 24.0 Å². The Kier molecular flexibility index (Phi) is 4.97. The molecule has 0 spiro atoms. The zero-order valence-electron chi connectivity index (χ0n) is 16.4. The summed E-state index contributed by atoms with van der Waals surface area (Å²) in [5.74, 6) is 0.406. The lowest BCUT2D eigenvalue weighted by Crippen LogP contribution is -2.35. The van der Waals surface area contributed by atoms with E-state index < -0.39 is 11.2 Å². The van der Waals surface area contributed by atoms with Crippen LogP contribution in [0.3, 0.4) is 0 Å². The zero-order valence-corrected chi connectivity index (χ0v) is 18.0. The van der Waals surface area contributed by atoms with Crippen molar-refractivity contribution in [3.05, 3.63) is 29.0 Å². The van der Waals surface area contributed by atoms with Gasteiger partial charge in [0.1, 0.15) is 6.26 Å². The molecule has 1 unspecified atom stereocenters. The Morgan fingerprint density at radius 2 is 2.14 bits per heavy atom. The summed E-state index contributed by atoms with van der Waals surface area (Å²) in [5, 5.41) is 3.26. The molecule has 0 bridgehead atoms. The minimum absolute atomic E-state index is 0.00823. The number of aryl methyl sites for hydroxylation is 1. The molecule has 1 saturated carbocycles. The van der Waals surface area contributed by atoms with Crippen LogP contribution in [0.25, 0.3) is 10.4 Å². The van der Waals surface area contributed by atoms with Gasteiger partial charge in [0.25, 0.3) is 5.91 Å². The lowest BCUT2D eigenvalue weighted by molar-refractivity contribution is -0.114. The van der Waals surface area contributed by atoms with Crippen molar-refractivity contribution >= 4 is 39.5 Å². The van der Waals surface area contributed by atoms with Crippen molar-refractivity contribution in [1.29, 1.82) is 0 Å². The molecule has 2 atom stereocenters. The SMILES string of the molecule is CC(=O)Nc1nc(C)c(-c2cc3c(c([S+](C)[O-])c2)C(=O)N([C@@H](C)C2CC2)C3)s1. The number of fused-ring (bicyclic) bond motifs is 1. The van der Waals surface area contributed by atoms with Crippen LogP contribution in [0.15, 0.2) is 17.0 Å². The van der Waals surface area contributed by atoms with Crippen molar-refractivity contribution in [3.63, 3.8) is 0 Å². The first-order valence-electron chi connectivity index (χ1n) is 9.33.